The Bertz CT molecular complexity index is 1270. The van der Waals surface area contributed by atoms with E-state index in [2.05, 4.69) is 10.4 Å². The van der Waals surface area contributed by atoms with E-state index < -0.39 is 10.0 Å². The van der Waals surface area contributed by atoms with Crippen LogP contribution in [0.3, 0.4) is 0 Å². The second-order valence-electron chi connectivity index (χ2n) is 6.89. The summed E-state index contributed by atoms with van der Waals surface area (Å²) in [5.41, 5.74) is 0.511. The average Bonchev–Trinajstić information content (AvgIpc) is 3.38. The molecule has 1 saturated heterocycles. The first-order chi connectivity index (χ1) is 13.6. The molecule has 0 saturated carbocycles. The first kappa shape index (κ1) is 17.2. The van der Waals surface area contributed by atoms with Gasteiger partial charge in [-0.25, -0.2) is 0 Å². The van der Waals surface area contributed by atoms with E-state index in [0.717, 1.165) is 29.0 Å². The van der Waals surface area contributed by atoms with Crippen molar-refractivity contribution in [1.82, 2.24) is 14.5 Å². The number of nitrogens with one attached hydrogen (secondary N) is 1. The van der Waals surface area contributed by atoms with Gasteiger partial charge in [0.1, 0.15) is 11.9 Å². The third kappa shape index (κ3) is 2.75. The Kier molecular flexibility index (Phi) is 4.07. The standard InChI is InChI=1S/C21H19N3O3S/c25-28(26,21-10-3-6-15-5-1-2-7-17(15)21)24-19-8-4-9-20(18(19)14-23-24)27-16-11-12-22-13-16/h1-10,14,16,22H,11-13H2. The summed E-state index contributed by atoms with van der Waals surface area (Å²) < 4.78 is 34.0. The molecule has 2 heterocycles. The Morgan fingerprint density at radius 2 is 1.82 bits per heavy atom. The SMILES string of the molecule is O=S(=O)(c1cccc2ccccc12)n1ncc2c(OC3CCNC3)cccc21. The minimum absolute atomic E-state index is 0.0867. The Labute approximate surface area is 162 Å². The molecule has 0 amide bonds. The monoisotopic (exact) mass is 393 g/mol. The Balaban J connectivity index is 1.64. The average molecular weight is 393 g/mol. The summed E-state index contributed by atoms with van der Waals surface area (Å²) >= 11 is 0. The fourth-order valence-corrected chi connectivity index (χ4v) is 5.21. The molecule has 1 aromatic heterocycles. The van der Waals surface area contributed by atoms with Crippen molar-refractivity contribution in [2.75, 3.05) is 13.1 Å². The summed E-state index contributed by atoms with van der Waals surface area (Å²) in [7, 11) is -3.86. The van der Waals surface area contributed by atoms with E-state index in [1.165, 1.54) is 0 Å². The first-order valence-electron chi connectivity index (χ1n) is 9.22. The van der Waals surface area contributed by atoms with Gasteiger partial charge in [0, 0.05) is 11.9 Å². The predicted molar refractivity (Wildman–Crippen MR) is 108 cm³/mol. The van der Waals surface area contributed by atoms with Crippen molar-refractivity contribution in [2.45, 2.75) is 17.4 Å². The van der Waals surface area contributed by atoms with Gasteiger partial charge in [0.25, 0.3) is 10.0 Å². The summed E-state index contributed by atoms with van der Waals surface area (Å²) in [6.07, 6.45) is 2.58. The summed E-state index contributed by atoms with van der Waals surface area (Å²) in [5, 5.41) is 9.73. The third-order valence-corrected chi connectivity index (χ3v) is 6.76. The predicted octanol–water partition coefficient (Wildman–Crippen LogP) is 3.17. The van der Waals surface area contributed by atoms with E-state index in [1.807, 2.05) is 36.4 Å². The van der Waals surface area contributed by atoms with Crippen LogP contribution in [0.5, 0.6) is 5.75 Å². The Morgan fingerprint density at radius 1 is 1.00 bits per heavy atom. The minimum atomic E-state index is -3.86. The summed E-state index contributed by atoms with van der Waals surface area (Å²) in [4.78, 5) is 0.238. The Hall–Kier alpha value is -2.90. The normalized spacial score (nSPS) is 17.4. The van der Waals surface area contributed by atoms with Crippen molar-refractivity contribution in [1.29, 1.82) is 0 Å². The first-order valence-corrected chi connectivity index (χ1v) is 10.7. The van der Waals surface area contributed by atoms with Gasteiger partial charge in [-0.3, -0.25) is 0 Å². The molecule has 0 bridgehead atoms. The number of fused-ring (bicyclic) bond motifs is 2. The molecule has 1 aliphatic rings. The highest BCUT2D eigenvalue weighted by molar-refractivity contribution is 7.90. The van der Waals surface area contributed by atoms with Gasteiger partial charge in [0.2, 0.25) is 0 Å². The number of rotatable bonds is 4. The maximum absolute atomic E-state index is 13.4. The topological polar surface area (TPSA) is 73.2 Å². The van der Waals surface area contributed by atoms with E-state index in [0.29, 0.717) is 22.0 Å². The van der Waals surface area contributed by atoms with Gasteiger partial charge in [-0.15, -0.1) is 0 Å². The number of benzene rings is 3. The van der Waals surface area contributed by atoms with Crippen LogP contribution >= 0.6 is 0 Å². The number of aromatic nitrogens is 2. The minimum Gasteiger partial charge on any atom is -0.488 e. The molecule has 1 unspecified atom stereocenters. The van der Waals surface area contributed by atoms with Crippen LogP contribution in [-0.2, 0) is 10.0 Å². The number of hydrogen-bond donors (Lipinski definition) is 1. The van der Waals surface area contributed by atoms with Gasteiger partial charge >= 0.3 is 0 Å². The quantitative estimate of drug-likeness (QED) is 0.577. The molecular weight excluding hydrogens is 374 g/mol. The van der Waals surface area contributed by atoms with Crippen molar-refractivity contribution < 1.29 is 13.2 Å². The lowest BCUT2D eigenvalue weighted by atomic mass is 10.1. The molecule has 0 spiro atoms. The molecule has 28 heavy (non-hydrogen) atoms. The van der Waals surface area contributed by atoms with Crippen molar-refractivity contribution in [3.8, 4) is 5.75 Å². The molecule has 3 aromatic carbocycles. The molecule has 1 fully saturated rings. The molecule has 1 aliphatic heterocycles. The third-order valence-electron chi connectivity index (χ3n) is 5.10. The van der Waals surface area contributed by atoms with E-state index in [1.54, 1.807) is 30.5 Å². The van der Waals surface area contributed by atoms with Crippen LogP contribution in [-0.4, -0.2) is 36.8 Å². The molecule has 7 heteroatoms. The van der Waals surface area contributed by atoms with Gasteiger partial charge in [0.05, 0.1) is 22.0 Å². The number of nitrogens with zero attached hydrogens (tertiary/aromatic N) is 2. The molecular formula is C21H19N3O3S. The highest BCUT2D eigenvalue weighted by Gasteiger charge is 2.24. The lowest BCUT2D eigenvalue weighted by Crippen LogP contribution is -2.19. The van der Waals surface area contributed by atoms with E-state index in [-0.39, 0.29) is 11.0 Å². The zero-order valence-corrected chi connectivity index (χ0v) is 15.9. The molecule has 1 N–H and O–H groups in total. The number of hydrogen-bond acceptors (Lipinski definition) is 5. The van der Waals surface area contributed by atoms with Crippen molar-refractivity contribution in [3.63, 3.8) is 0 Å². The molecule has 0 radical (unpaired) electrons. The Morgan fingerprint density at radius 3 is 2.68 bits per heavy atom. The fourth-order valence-electron chi connectivity index (χ4n) is 3.72. The van der Waals surface area contributed by atoms with Crippen LogP contribution in [0.25, 0.3) is 21.7 Å². The van der Waals surface area contributed by atoms with Crippen molar-refractivity contribution in [2.24, 2.45) is 0 Å². The van der Waals surface area contributed by atoms with Crippen LogP contribution in [0.1, 0.15) is 6.42 Å². The van der Waals surface area contributed by atoms with Crippen LogP contribution in [0.4, 0.5) is 0 Å². The van der Waals surface area contributed by atoms with Gasteiger partial charge in [-0.2, -0.15) is 17.6 Å². The molecule has 5 rings (SSSR count). The van der Waals surface area contributed by atoms with E-state index in [4.69, 9.17) is 4.74 Å². The van der Waals surface area contributed by atoms with Crippen molar-refractivity contribution in [3.05, 3.63) is 66.9 Å². The van der Waals surface area contributed by atoms with E-state index in [9.17, 15) is 8.42 Å². The number of ether oxygens (including phenoxy) is 1. The molecule has 0 aliphatic carbocycles. The molecule has 4 aromatic rings. The zero-order chi connectivity index (χ0) is 19.1. The smallest absolute Gasteiger partial charge is 0.284 e. The second kappa shape index (κ2) is 6.61. The van der Waals surface area contributed by atoms with Crippen LogP contribution in [0.2, 0.25) is 0 Å². The van der Waals surface area contributed by atoms with Crippen LogP contribution in [0.15, 0.2) is 71.8 Å². The van der Waals surface area contributed by atoms with E-state index >= 15 is 0 Å². The van der Waals surface area contributed by atoms with Gasteiger partial charge < -0.3 is 10.1 Å². The van der Waals surface area contributed by atoms with Gasteiger partial charge in [-0.1, -0.05) is 42.5 Å². The highest BCUT2D eigenvalue weighted by atomic mass is 32.2. The maximum Gasteiger partial charge on any atom is 0.284 e. The zero-order valence-electron chi connectivity index (χ0n) is 15.1. The van der Waals surface area contributed by atoms with Crippen LogP contribution < -0.4 is 10.1 Å². The largest absolute Gasteiger partial charge is 0.488 e. The second-order valence-corrected chi connectivity index (χ2v) is 8.63. The van der Waals surface area contributed by atoms with Crippen LogP contribution in [0, 0.1) is 0 Å². The molecule has 6 nitrogen and oxygen atoms in total. The van der Waals surface area contributed by atoms with Gasteiger partial charge in [0.15, 0.2) is 0 Å². The fraction of sp³-hybridized carbons (Fsp3) is 0.190. The van der Waals surface area contributed by atoms with Crippen molar-refractivity contribution >= 4 is 31.7 Å². The molecule has 142 valence electrons. The highest BCUT2D eigenvalue weighted by Crippen LogP contribution is 2.31. The molecule has 1 atom stereocenters. The lowest BCUT2D eigenvalue weighted by Gasteiger charge is -2.13. The maximum atomic E-state index is 13.4. The van der Waals surface area contributed by atoms with Gasteiger partial charge in [-0.05, 0) is 36.6 Å². The summed E-state index contributed by atoms with van der Waals surface area (Å²) in [6, 6.07) is 18.1. The summed E-state index contributed by atoms with van der Waals surface area (Å²) in [6.45, 7) is 1.72. The summed E-state index contributed by atoms with van der Waals surface area (Å²) in [5.74, 6) is 0.658. The lowest BCUT2D eigenvalue weighted by molar-refractivity contribution is 0.226.